The molecule has 3 N–H and O–H groups in total. The van der Waals surface area contributed by atoms with Crippen LogP contribution in [0.5, 0.6) is 0 Å². The summed E-state index contributed by atoms with van der Waals surface area (Å²) in [4.78, 5) is 47.9. The van der Waals surface area contributed by atoms with Crippen LogP contribution >= 0.6 is 0 Å². The lowest BCUT2D eigenvalue weighted by molar-refractivity contribution is -0.139. The lowest BCUT2D eigenvalue weighted by Gasteiger charge is -2.35. The minimum absolute atomic E-state index is 0.0481. The molecule has 2 aliphatic heterocycles. The van der Waals surface area contributed by atoms with Crippen LogP contribution in [0.1, 0.15) is 42.8 Å². The van der Waals surface area contributed by atoms with E-state index >= 15 is 0 Å². The predicted octanol–water partition coefficient (Wildman–Crippen LogP) is -0.196. The number of aromatic amines is 1. The van der Waals surface area contributed by atoms with Crippen molar-refractivity contribution in [3.8, 4) is 0 Å². The molecule has 27 heavy (non-hydrogen) atoms. The minimum atomic E-state index is -0.360. The Bertz CT molecular complexity index is 801. The number of primary amides is 1. The number of H-pyrrole nitrogens is 1. The lowest BCUT2D eigenvalue weighted by atomic mass is 9.95. The van der Waals surface area contributed by atoms with E-state index in [9.17, 15) is 14.4 Å². The van der Waals surface area contributed by atoms with Gasteiger partial charge in [0, 0.05) is 25.1 Å². The van der Waals surface area contributed by atoms with Gasteiger partial charge in [0.15, 0.2) is 0 Å². The molecular weight excluding hydrogens is 346 g/mol. The molecule has 3 heterocycles. The van der Waals surface area contributed by atoms with Crippen LogP contribution in [0.2, 0.25) is 0 Å². The molecule has 0 aromatic carbocycles. The largest absolute Gasteiger partial charge is 0.369 e. The molecule has 4 rings (SSSR count). The van der Waals surface area contributed by atoms with Crippen LogP contribution in [0.25, 0.3) is 0 Å². The SMILES string of the molecule is NC(=O)CN1CCCC(C(=O)N2CCc3c(nc(CC4CC4)[nH]c3=O)C2)C1. The molecule has 8 nitrogen and oxygen atoms in total. The minimum Gasteiger partial charge on any atom is -0.369 e. The Balaban J connectivity index is 1.45. The summed E-state index contributed by atoms with van der Waals surface area (Å²) in [5.74, 6) is 1.02. The average molecular weight is 373 g/mol. The Morgan fingerprint density at radius 1 is 1.22 bits per heavy atom. The van der Waals surface area contributed by atoms with Gasteiger partial charge in [-0.3, -0.25) is 19.3 Å². The van der Waals surface area contributed by atoms with Gasteiger partial charge in [0.2, 0.25) is 11.8 Å². The molecule has 2 fully saturated rings. The van der Waals surface area contributed by atoms with Gasteiger partial charge in [-0.25, -0.2) is 4.98 Å². The average Bonchev–Trinajstić information content (AvgIpc) is 3.44. The summed E-state index contributed by atoms with van der Waals surface area (Å²) in [5.41, 5.74) is 6.71. The molecule has 8 heteroatoms. The van der Waals surface area contributed by atoms with Gasteiger partial charge in [-0.15, -0.1) is 0 Å². The van der Waals surface area contributed by atoms with Crippen molar-refractivity contribution in [2.24, 2.45) is 17.6 Å². The van der Waals surface area contributed by atoms with Gasteiger partial charge in [0.05, 0.1) is 24.7 Å². The maximum absolute atomic E-state index is 13.0. The van der Waals surface area contributed by atoms with E-state index in [1.54, 1.807) is 0 Å². The fourth-order valence-corrected chi connectivity index (χ4v) is 4.25. The number of aromatic nitrogens is 2. The third-order valence-electron chi connectivity index (χ3n) is 5.85. The van der Waals surface area contributed by atoms with Crippen LogP contribution in [0.4, 0.5) is 0 Å². The number of rotatable bonds is 5. The van der Waals surface area contributed by atoms with Gasteiger partial charge >= 0.3 is 0 Å². The van der Waals surface area contributed by atoms with Crippen LogP contribution in [-0.4, -0.2) is 57.8 Å². The zero-order valence-corrected chi connectivity index (χ0v) is 15.6. The summed E-state index contributed by atoms with van der Waals surface area (Å²) in [7, 11) is 0. The fourth-order valence-electron chi connectivity index (χ4n) is 4.25. The number of amides is 2. The fraction of sp³-hybridized carbons (Fsp3) is 0.684. The van der Waals surface area contributed by atoms with Gasteiger partial charge in [0.25, 0.3) is 5.56 Å². The van der Waals surface area contributed by atoms with E-state index in [2.05, 4.69) is 9.97 Å². The maximum Gasteiger partial charge on any atom is 0.254 e. The molecule has 3 aliphatic rings. The molecule has 1 saturated carbocycles. The Labute approximate surface area is 158 Å². The Kier molecular flexibility index (Phi) is 4.99. The van der Waals surface area contributed by atoms with Crippen LogP contribution in [0.3, 0.4) is 0 Å². The third kappa shape index (κ3) is 4.21. The van der Waals surface area contributed by atoms with E-state index in [4.69, 9.17) is 5.73 Å². The van der Waals surface area contributed by atoms with Crippen molar-refractivity contribution >= 4 is 11.8 Å². The van der Waals surface area contributed by atoms with E-state index in [0.29, 0.717) is 32.0 Å². The van der Waals surface area contributed by atoms with Crippen molar-refractivity contribution in [1.29, 1.82) is 0 Å². The van der Waals surface area contributed by atoms with E-state index in [0.717, 1.165) is 42.9 Å². The number of nitrogens with zero attached hydrogens (tertiary/aromatic N) is 3. The molecule has 2 amide bonds. The molecule has 0 spiro atoms. The predicted molar refractivity (Wildman–Crippen MR) is 98.8 cm³/mol. The first-order chi connectivity index (χ1) is 13.0. The molecule has 0 bridgehead atoms. The Morgan fingerprint density at radius 2 is 2.04 bits per heavy atom. The topological polar surface area (TPSA) is 112 Å². The number of carbonyl (C=O) groups is 2. The summed E-state index contributed by atoms with van der Waals surface area (Å²) in [6.07, 6.45) is 5.49. The zero-order chi connectivity index (χ0) is 19.0. The van der Waals surface area contributed by atoms with Gasteiger partial charge in [-0.1, -0.05) is 0 Å². The summed E-state index contributed by atoms with van der Waals surface area (Å²) < 4.78 is 0. The van der Waals surface area contributed by atoms with Crippen molar-refractivity contribution in [2.75, 3.05) is 26.2 Å². The highest BCUT2D eigenvalue weighted by Crippen LogP contribution is 2.31. The van der Waals surface area contributed by atoms with E-state index in [-0.39, 0.29) is 29.8 Å². The first-order valence-corrected chi connectivity index (χ1v) is 9.90. The van der Waals surface area contributed by atoms with Crippen molar-refractivity contribution in [3.63, 3.8) is 0 Å². The number of nitrogens with one attached hydrogen (secondary N) is 1. The van der Waals surface area contributed by atoms with Crippen molar-refractivity contribution < 1.29 is 9.59 Å². The van der Waals surface area contributed by atoms with Crippen LogP contribution < -0.4 is 11.3 Å². The van der Waals surface area contributed by atoms with Gasteiger partial charge < -0.3 is 15.6 Å². The van der Waals surface area contributed by atoms with Crippen LogP contribution in [-0.2, 0) is 29.0 Å². The van der Waals surface area contributed by atoms with E-state index in [1.807, 2.05) is 9.80 Å². The second-order valence-electron chi connectivity index (χ2n) is 8.14. The van der Waals surface area contributed by atoms with Crippen LogP contribution in [0, 0.1) is 11.8 Å². The zero-order valence-electron chi connectivity index (χ0n) is 15.6. The van der Waals surface area contributed by atoms with Crippen molar-refractivity contribution in [2.45, 2.75) is 45.1 Å². The van der Waals surface area contributed by atoms with E-state index in [1.165, 1.54) is 12.8 Å². The van der Waals surface area contributed by atoms with Crippen molar-refractivity contribution in [3.05, 3.63) is 27.4 Å². The third-order valence-corrected chi connectivity index (χ3v) is 5.85. The standard InChI is InChI=1S/C19H27N5O3/c20-16(25)11-23-6-1-2-13(9-23)19(27)24-7-5-14-15(10-24)21-17(22-18(14)26)8-12-3-4-12/h12-13H,1-11H2,(H2,20,25)(H,21,22,26). The number of nitrogens with two attached hydrogens (primary N) is 1. The molecule has 1 aromatic rings. The summed E-state index contributed by atoms with van der Waals surface area (Å²) in [5, 5.41) is 0. The van der Waals surface area contributed by atoms with Gasteiger partial charge in [0.1, 0.15) is 5.82 Å². The van der Waals surface area contributed by atoms with Crippen LogP contribution in [0.15, 0.2) is 4.79 Å². The van der Waals surface area contributed by atoms with Gasteiger partial charge in [-0.2, -0.15) is 0 Å². The number of likely N-dealkylation sites (tertiary alicyclic amines) is 1. The molecule has 1 aliphatic carbocycles. The Hall–Kier alpha value is -2.22. The molecule has 1 saturated heterocycles. The molecule has 0 radical (unpaired) electrons. The number of fused-ring (bicyclic) bond motifs is 1. The number of piperidine rings is 1. The monoisotopic (exact) mass is 373 g/mol. The number of hydrogen-bond donors (Lipinski definition) is 2. The molecule has 1 aromatic heterocycles. The molecule has 1 atom stereocenters. The number of carbonyl (C=O) groups excluding carboxylic acids is 2. The Morgan fingerprint density at radius 3 is 2.78 bits per heavy atom. The smallest absolute Gasteiger partial charge is 0.254 e. The molecule has 146 valence electrons. The highest BCUT2D eigenvalue weighted by atomic mass is 16.2. The second kappa shape index (κ2) is 7.42. The normalized spacial score (nSPS) is 23.1. The second-order valence-corrected chi connectivity index (χ2v) is 8.14. The highest BCUT2D eigenvalue weighted by molar-refractivity contribution is 5.80. The summed E-state index contributed by atoms with van der Waals surface area (Å²) in [6, 6.07) is 0. The summed E-state index contributed by atoms with van der Waals surface area (Å²) in [6.45, 7) is 2.53. The van der Waals surface area contributed by atoms with Crippen molar-refractivity contribution in [1.82, 2.24) is 19.8 Å². The number of hydrogen-bond acceptors (Lipinski definition) is 5. The highest BCUT2D eigenvalue weighted by Gasteiger charge is 2.32. The molecular formula is C19H27N5O3. The first-order valence-electron chi connectivity index (χ1n) is 9.90. The first kappa shape index (κ1) is 18.2. The quantitative estimate of drug-likeness (QED) is 0.743. The maximum atomic E-state index is 13.0. The lowest BCUT2D eigenvalue weighted by Crippen LogP contribution is -2.48. The summed E-state index contributed by atoms with van der Waals surface area (Å²) >= 11 is 0. The molecule has 1 unspecified atom stereocenters. The van der Waals surface area contributed by atoms with E-state index < -0.39 is 0 Å². The van der Waals surface area contributed by atoms with Gasteiger partial charge in [-0.05, 0) is 44.6 Å².